The van der Waals surface area contributed by atoms with Crippen molar-refractivity contribution in [3.05, 3.63) is 23.9 Å². The first-order chi connectivity index (χ1) is 6.79. The minimum Gasteiger partial charge on any atom is -0.353 e. The van der Waals surface area contributed by atoms with Gasteiger partial charge in [0.1, 0.15) is 5.82 Å². The number of pyridine rings is 1. The second kappa shape index (κ2) is 3.94. The highest BCUT2D eigenvalue weighted by Crippen LogP contribution is 2.17. The highest BCUT2D eigenvalue weighted by Gasteiger charge is 2.23. The zero-order valence-electron chi connectivity index (χ0n) is 8.40. The number of nitrogens with one attached hydrogen (secondary N) is 1. The van der Waals surface area contributed by atoms with Gasteiger partial charge in [-0.15, -0.1) is 0 Å². The van der Waals surface area contributed by atoms with Crippen LogP contribution in [0.3, 0.4) is 0 Å². The van der Waals surface area contributed by atoms with Crippen molar-refractivity contribution in [2.24, 2.45) is 5.73 Å². The van der Waals surface area contributed by atoms with Gasteiger partial charge in [-0.05, 0) is 18.7 Å². The number of aromatic nitrogens is 1. The monoisotopic (exact) mass is 192 g/mol. The summed E-state index contributed by atoms with van der Waals surface area (Å²) >= 11 is 0. The summed E-state index contributed by atoms with van der Waals surface area (Å²) in [7, 11) is 1.93. The molecule has 0 unspecified atom stereocenters. The van der Waals surface area contributed by atoms with Gasteiger partial charge in [-0.25, -0.2) is 4.98 Å². The van der Waals surface area contributed by atoms with E-state index < -0.39 is 0 Å². The third-order valence-corrected chi connectivity index (χ3v) is 2.42. The lowest BCUT2D eigenvalue weighted by Gasteiger charge is -2.37. The summed E-state index contributed by atoms with van der Waals surface area (Å²) in [5.74, 6) is 1.03. The van der Waals surface area contributed by atoms with Crippen molar-refractivity contribution in [3.8, 4) is 0 Å². The summed E-state index contributed by atoms with van der Waals surface area (Å²) in [6, 6.07) is 4.48. The lowest BCUT2D eigenvalue weighted by atomic mass is 10.1. The van der Waals surface area contributed by atoms with Gasteiger partial charge in [0.05, 0.1) is 0 Å². The van der Waals surface area contributed by atoms with E-state index in [1.165, 1.54) is 5.56 Å². The van der Waals surface area contributed by atoms with Gasteiger partial charge in [-0.3, -0.25) is 0 Å². The van der Waals surface area contributed by atoms with Crippen LogP contribution in [0, 0.1) is 0 Å². The molecule has 0 amide bonds. The summed E-state index contributed by atoms with van der Waals surface area (Å²) in [6.07, 6.45) is 1.91. The standard InChI is InChI=1S/C10H16N4/c1-12-4-8-2-3-10(13-5-8)14-6-9(11)7-14/h2-3,5,9,12H,4,6-7,11H2,1H3. The molecule has 1 aromatic rings. The van der Waals surface area contributed by atoms with Gasteiger partial charge < -0.3 is 16.0 Å². The summed E-state index contributed by atoms with van der Waals surface area (Å²) in [5, 5.41) is 3.09. The quantitative estimate of drug-likeness (QED) is 0.705. The minimum atomic E-state index is 0.328. The maximum Gasteiger partial charge on any atom is 0.128 e. The van der Waals surface area contributed by atoms with Crippen molar-refractivity contribution in [1.29, 1.82) is 0 Å². The zero-order chi connectivity index (χ0) is 9.97. The summed E-state index contributed by atoms with van der Waals surface area (Å²) in [4.78, 5) is 6.57. The van der Waals surface area contributed by atoms with Crippen LogP contribution in [0.2, 0.25) is 0 Å². The first-order valence-electron chi connectivity index (χ1n) is 4.89. The highest BCUT2D eigenvalue weighted by atomic mass is 15.3. The molecular weight excluding hydrogens is 176 g/mol. The van der Waals surface area contributed by atoms with Crippen molar-refractivity contribution in [3.63, 3.8) is 0 Å². The maximum absolute atomic E-state index is 5.70. The van der Waals surface area contributed by atoms with Gasteiger partial charge in [0.2, 0.25) is 0 Å². The van der Waals surface area contributed by atoms with Gasteiger partial charge in [0.15, 0.2) is 0 Å². The van der Waals surface area contributed by atoms with E-state index in [1.54, 1.807) is 0 Å². The Morgan fingerprint density at radius 2 is 2.36 bits per heavy atom. The molecule has 0 atom stereocenters. The first kappa shape index (κ1) is 9.43. The van der Waals surface area contributed by atoms with Gasteiger partial charge in [0.25, 0.3) is 0 Å². The van der Waals surface area contributed by atoms with Gasteiger partial charge in [-0.1, -0.05) is 6.07 Å². The number of hydrogen-bond donors (Lipinski definition) is 2. The van der Waals surface area contributed by atoms with E-state index in [2.05, 4.69) is 27.3 Å². The number of nitrogens with two attached hydrogens (primary N) is 1. The Labute approximate surface area is 84.1 Å². The fourth-order valence-electron chi connectivity index (χ4n) is 1.61. The topological polar surface area (TPSA) is 54.2 Å². The molecule has 0 aromatic carbocycles. The molecule has 0 saturated carbocycles. The fraction of sp³-hybridized carbons (Fsp3) is 0.500. The van der Waals surface area contributed by atoms with E-state index in [4.69, 9.17) is 5.73 Å². The van der Waals surface area contributed by atoms with Crippen LogP contribution in [0.25, 0.3) is 0 Å². The summed E-state index contributed by atoms with van der Waals surface area (Å²) in [5.41, 5.74) is 6.91. The van der Waals surface area contributed by atoms with Crippen LogP contribution in [0.15, 0.2) is 18.3 Å². The van der Waals surface area contributed by atoms with Gasteiger partial charge in [0, 0.05) is 31.9 Å². The fourth-order valence-corrected chi connectivity index (χ4v) is 1.61. The number of nitrogens with zero attached hydrogens (tertiary/aromatic N) is 2. The second-order valence-electron chi connectivity index (χ2n) is 3.72. The SMILES string of the molecule is CNCc1ccc(N2CC(N)C2)nc1. The van der Waals surface area contributed by atoms with Crippen LogP contribution >= 0.6 is 0 Å². The molecule has 0 spiro atoms. The normalized spacial score (nSPS) is 16.9. The molecule has 1 aromatic heterocycles. The molecule has 1 aliphatic rings. The number of hydrogen-bond acceptors (Lipinski definition) is 4. The van der Waals surface area contributed by atoms with Crippen LogP contribution in [0.1, 0.15) is 5.56 Å². The summed E-state index contributed by atoms with van der Waals surface area (Å²) < 4.78 is 0. The van der Waals surface area contributed by atoms with Crippen molar-refractivity contribution in [2.75, 3.05) is 25.0 Å². The Bertz CT molecular complexity index is 289. The molecule has 4 heteroatoms. The first-order valence-corrected chi connectivity index (χ1v) is 4.89. The van der Waals surface area contributed by atoms with E-state index >= 15 is 0 Å². The Hall–Kier alpha value is -1.13. The van der Waals surface area contributed by atoms with E-state index in [0.717, 1.165) is 25.5 Å². The molecule has 76 valence electrons. The second-order valence-corrected chi connectivity index (χ2v) is 3.72. The lowest BCUT2D eigenvalue weighted by Crippen LogP contribution is -2.56. The average Bonchev–Trinajstić information content (AvgIpc) is 2.15. The predicted molar refractivity (Wildman–Crippen MR) is 57.2 cm³/mol. The predicted octanol–water partition coefficient (Wildman–Crippen LogP) is -0.0517. The minimum absolute atomic E-state index is 0.328. The largest absolute Gasteiger partial charge is 0.353 e. The molecule has 1 saturated heterocycles. The van der Waals surface area contributed by atoms with Crippen molar-refractivity contribution in [2.45, 2.75) is 12.6 Å². The molecule has 1 aliphatic heterocycles. The Morgan fingerprint density at radius 1 is 1.57 bits per heavy atom. The van der Waals surface area contributed by atoms with E-state index in [1.807, 2.05) is 13.2 Å². The molecule has 2 rings (SSSR count). The number of rotatable bonds is 3. The number of anilines is 1. The molecule has 3 N–H and O–H groups in total. The van der Waals surface area contributed by atoms with Crippen molar-refractivity contribution < 1.29 is 0 Å². The molecule has 14 heavy (non-hydrogen) atoms. The van der Waals surface area contributed by atoms with Crippen LogP contribution in [0.5, 0.6) is 0 Å². The molecular formula is C10H16N4. The highest BCUT2D eigenvalue weighted by molar-refractivity contribution is 5.42. The molecule has 0 aliphatic carbocycles. The van der Waals surface area contributed by atoms with E-state index in [0.29, 0.717) is 6.04 Å². The zero-order valence-corrected chi connectivity index (χ0v) is 8.40. The molecule has 4 nitrogen and oxygen atoms in total. The molecule has 0 radical (unpaired) electrons. The third kappa shape index (κ3) is 1.86. The maximum atomic E-state index is 5.70. The van der Waals surface area contributed by atoms with Crippen LogP contribution in [-0.4, -0.2) is 31.2 Å². The van der Waals surface area contributed by atoms with Gasteiger partial charge >= 0.3 is 0 Å². The van der Waals surface area contributed by atoms with E-state index in [-0.39, 0.29) is 0 Å². The Kier molecular flexibility index (Phi) is 2.65. The average molecular weight is 192 g/mol. The van der Waals surface area contributed by atoms with Gasteiger partial charge in [-0.2, -0.15) is 0 Å². The third-order valence-electron chi connectivity index (χ3n) is 2.42. The van der Waals surface area contributed by atoms with Crippen LogP contribution < -0.4 is 16.0 Å². The van der Waals surface area contributed by atoms with Crippen molar-refractivity contribution >= 4 is 5.82 Å². The molecule has 1 fully saturated rings. The molecule has 0 bridgehead atoms. The van der Waals surface area contributed by atoms with Crippen LogP contribution in [0.4, 0.5) is 5.82 Å². The smallest absolute Gasteiger partial charge is 0.128 e. The lowest BCUT2D eigenvalue weighted by molar-refractivity contribution is 0.514. The molecule has 2 heterocycles. The summed E-state index contributed by atoms with van der Waals surface area (Å²) in [6.45, 7) is 2.73. The van der Waals surface area contributed by atoms with Crippen molar-refractivity contribution in [1.82, 2.24) is 10.3 Å². The van der Waals surface area contributed by atoms with E-state index in [9.17, 15) is 0 Å². The Morgan fingerprint density at radius 3 is 2.86 bits per heavy atom. The van der Waals surface area contributed by atoms with Crippen LogP contribution in [-0.2, 0) is 6.54 Å². The Balaban J connectivity index is 1.99.